The van der Waals surface area contributed by atoms with Crippen molar-refractivity contribution in [1.29, 1.82) is 0 Å². The molecule has 3 nitrogen and oxygen atoms in total. The fraction of sp³-hybridized carbons (Fsp3) is 0.562. The molecule has 3 N–H and O–H groups in total. The average molecular weight is 262 g/mol. The van der Waals surface area contributed by atoms with Crippen molar-refractivity contribution in [3.05, 3.63) is 35.4 Å². The summed E-state index contributed by atoms with van der Waals surface area (Å²) in [5.74, 6) is 0.802. The number of nitrogens with one attached hydrogen (secondary N) is 1. The zero-order valence-electron chi connectivity index (χ0n) is 12.4. The van der Waals surface area contributed by atoms with Gasteiger partial charge in [-0.15, -0.1) is 0 Å². The molecule has 0 aliphatic heterocycles. The van der Waals surface area contributed by atoms with Gasteiger partial charge in [-0.3, -0.25) is 4.79 Å². The molecule has 0 aliphatic rings. The Morgan fingerprint density at radius 2 is 1.68 bits per heavy atom. The topological polar surface area (TPSA) is 55.1 Å². The zero-order chi connectivity index (χ0) is 14.4. The van der Waals surface area contributed by atoms with Crippen LogP contribution in [0.4, 0.5) is 0 Å². The highest BCUT2D eigenvalue weighted by molar-refractivity contribution is 5.81. The van der Waals surface area contributed by atoms with E-state index >= 15 is 0 Å². The van der Waals surface area contributed by atoms with E-state index in [0.717, 1.165) is 18.5 Å². The summed E-state index contributed by atoms with van der Waals surface area (Å²) < 4.78 is 0. The number of rotatable bonds is 7. The Morgan fingerprint density at radius 1 is 1.11 bits per heavy atom. The summed E-state index contributed by atoms with van der Waals surface area (Å²) in [6.45, 7) is 9.39. The maximum atomic E-state index is 11.5. The van der Waals surface area contributed by atoms with Crippen LogP contribution in [0.5, 0.6) is 0 Å². The summed E-state index contributed by atoms with van der Waals surface area (Å²) in [6.07, 6.45) is 1.06. The molecule has 1 aromatic rings. The van der Waals surface area contributed by atoms with Crippen LogP contribution in [0, 0.1) is 11.8 Å². The molecule has 0 aromatic heterocycles. The first-order chi connectivity index (χ1) is 8.90. The molecule has 3 heteroatoms. The molecule has 0 saturated heterocycles. The Balaban J connectivity index is 2.76. The summed E-state index contributed by atoms with van der Waals surface area (Å²) in [7, 11) is 0. The van der Waals surface area contributed by atoms with Gasteiger partial charge in [0.1, 0.15) is 6.04 Å². The predicted octanol–water partition coefficient (Wildman–Crippen LogP) is 2.66. The molecule has 0 bridgehead atoms. The van der Waals surface area contributed by atoms with Gasteiger partial charge in [0.15, 0.2) is 0 Å². The van der Waals surface area contributed by atoms with E-state index in [0.29, 0.717) is 11.8 Å². The predicted molar refractivity (Wildman–Crippen MR) is 79.8 cm³/mol. The minimum atomic E-state index is -0.393. The lowest BCUT2D eigenvalue weighted by Crippen LogP contribution is -2.35. The molecule has 0 heterocycles. The van der Waals surface area contributed by atoms with Crippen molar-refractivity contribution in [2.24, 2.45) is 17.6 Å². The summed E-state index contributed by atoms with van der Waals surface area (Å²) in [5.41, 5.74) is 7.71. The summed E-state index contributed by atoms with van der Waals surface area (Å²) in [5, 5.41) is 3.22. The number of carbonyl (C=O) groups is 1. The van der Waals surface area contributed by atoms with E-state index in [1.54, 1.807) is 0 Å². The van der Waals surface area contributed by atoms with Crippen LogP contribution in [0.3, 0.4) is 0 Å². The zero-order valence-corrected chi connectivity index (χ0v) is 12.4. The highest BCUT2D eigenvalue weighted by Gasteiger charge is 2.17. The first kappa shape index (κ1) is 15.7. The van der Waals surface area contributed by atoms with Gasteiger partial charge in [-0.2, -0.15) is 0 Å². The summed E-state index contributed by atoms with van der Waals surface area (Å²) in [4.78, 5) is 11.5. The highest BCUT2D eigenvalue weighted by atomic mass is 16.1. The fourth-order valence-electron chi connectivity index (χ4n) is 2.05. The second kappa shape index (κ2) is 7.29. The molecule has 19 heavy (non-hydrogen) atoms. The van der Waals surface area contributed by atoms with Gasteiger partial charge >= 0.3 is 0 Å². The number of nitrogens with two attached hydrogens (primary N) is 1. The van der Waals surface area contributed by atoms with Crippen molar-refractivity contribution in [3.8, 4) is 0 Å². The van der Waals surface area contributed by atoms with Crippen molar-refractivity contribution in [3.63, 3.8) is 0 Å². The second-order valence-corrected chi connectivity index (χ2v) is 5.98. The van der Waals surface area contributed by atoms with Crippen molar-refractivity contribution >= 4 is 5.91 Å². The van der Waals surface area contributed by atoms with Gasteiger partial charge in [0.05, 0.1) is 0 Å². The fourth-order valence-corrected chi connectivity index (χ4v) is 2.05. The number of amides is 1. The van der Waals surface area contributed by atoms with E-state index in [2.05, 4.69) is 45.1 Å². The van der Waals surface area contributed by atoms with E-state index in [4.69, 9.17) is 5.73 Å². The Bertz CT molecular complexity index is 396. The Morgan fingerprint density at radius 3 is 2.11 bits per heavy atom. The van der Waals surface area contributed by atoms with Crippen LogP contribution < -0.4 is 11.1 Å². The Hall–Kier alpha value is -1.35. The minimum Gasteiger partial charge on any atom is -0.368 e. The highest BCUT2D eigenvalue weighted by Crippen LogP contribution is 2.16. The molecule has 1 rings (SSSR count). The van der Waals surface area contributed by atoms with E-state index in [9.17, 15) is 4.79 Å². The average Bonchev–Trinajstić information content (AvgIpc) is 2.29. The standard InChI is InChI=1S/C16H26N2O/c1-11(2)9-13-5-7-14(8-6-13)15(16(17)19)18-10-12(3)4/h5-8,11-12,15,18H,9-10H2,1-4H3,(H2,17,19). The Labute approximate surface area is 116 Å². The van der Waals surface area contributed by atoms with Gasteiger partial charge < -0.3 is 11.1 Å². The molecule has 0 fully saturated rings. The number of benzene rings is 1. The lowest BCUT2D eigenvalue weighted by Gasteiger charge is -2.18. The van der Waals surface area contributed by atoms with Crippen LogP contribution >= 0.6 is 0 Å². The summed E-state index contributed by atoms with van der Waals surface area (Å²) in [6, 6.07) is 7.78. The Kier molecular flexibility index (Phi) is 6.03. The molecule has 1 atom stereocenters. The molecule has 1 aromatic carbocycles. The third-order valence-corrected chi connectivity index (χ3v) is 2.97. The molecule has 0 spiro atoms. The third-order valence-electron chi connectivity index (χ3n) is 2.97. The quantitative estimate of drug-likeness (QED) is 0.793. The molecule has 106 valence electrons. The van der Waals surface area contributed by atoms with Gasteiger partial charge in [0.25, 0.3) is 0 Å². The smallest absolute Gasteiger partial charge is 0.239 e. The van der Waals surface area contributed by atoms with Gasteiger partial charge in [-0.05, 0) is 35.9 Å². The number of carbonyl (C=O) groups excluding carboxylic acids is 1. The van der Waals surface area contributed by atoms with Crippen LogP contribution in [0.15, 0.2) is 24.3 Å². The van der Waals surface area contributed by atoms with E-state index in [-0.39, 0.29) is 5.91 Å². The van der Waals surface area contributed by atoms with Crippen LogP contribution in [0.1, 0.15) is 44.9 Å². The second-order valence-electron chi connectivity index (χ2n) is 5.98. The number of hydrogen-bond donors (Lipinski definition) is 2. The van der Waals surface area contributed by atoms with Crippen molar-refractivity contribution < 1.29 is 4.79 Å². The van der Waals surface area contributed by atoms with Crippen LogP contribution in [-0.2, 0) is 11.2 Å². The maximum Gasteiger partial charge on any atom is 0.239 e. The van der Waals surface area contributed by atoms with Crippen molar-refractivity contribution in [2.75, 3.05) is 6.54 Å². The molecule has 0 aliphatic carbocycles. The molecule has 0 saturated carbocycles. The van der Waals surface area contributed by atoms with Gasteiger partial charge in [-0.25, -0.2) is 0 Å². The first-order valence-electron chi connectivity index (χ1n) is 7.01. The van der Waals surface area contributed by atoms with Crippen LogP contribution in [0.25, 0.3) is 0 Å². The maximum absolute atomic E-state index is 11.5. The summed E-state index contributed by atoms with van der Waals surface area (Å²) >= 11 is 0. The van der Waals surface area contributed by atoms with Gasteiger partial charge in [0.2, 0.25) is 5.91 Å². The van der Waals surface area contributed by atoms with Crippen molar-refractivity contribution in [1.82, 2.24) is 5.32 Å². The number of hydrogen-bond acceptors (Lipinski definition) is 2. The van der Waals surface area contributed by atoms with Gasteiger partial charge in [0, 0.05) is 0 Å². The third kappa shape index (κ3) is 5.43. The molecular weight excluding hydrogens is 236 g/mol. The molecule has 1 unspecified atom stereocenters. The SMILES string of the molecule is CC(C)CNC(C(N)=O)c1ccc(CC(C)C)cc1. The first-order valence-corrected chi connectivity index (χ1v) is 7.01. The van der Waals surface area contributed by atoms with E-state index in [1.807, 2.05) is 12.1 Å². The lowest BCUT2D eigenvalue weighted by molar-refractivity contribution is -0.120. The molecule has 0 radical (unpaired) electrons. The monoisotopic (exact) mass is 262 g/mol. The van der Waals surface area contributed by atoms with Gasteiger partial charge in [-0.1, -0.05) is 52.0 Å². The van der Waals surface area contributed by atoms with Crippen LogP contribution in [-0.4, -0.2) is 12.5 Å². The lowest BCUT2D eigenvalue weighted by atomic mass is 9.99. The molecular formula is C16H26N2O. The largest absolute Gasteiger partial charge is 0.368 e. The number of primary amides is 1. The van der Waals surface area contributed by atoms with E-state index in [1.165, 1.54) is 5.56 Å². The van der Waals surface area contributed by atoms with E-state index < -0.39 is 6.04 Å². The normalized spacial score (nSPS) is 12.9. The minimum absolute atomic E-state index is 0.322. The molecule has 1 amide bonds. The van der Waals surface area contributed by atoms with Crippen LogP contribution in [0.2, 0.25) is 0 Å². The van der Waals surface area contributed by atoms with Crippen molar-refractivity contribution in [2.45, 2.75) is 40.2 Å².